The molecule has 2 unspecified atom stereocenters. The largest absolute Gasteiger partial charge is 0.342 e. The first kappa shape index (κ1) is 11.5. The average Bonchev–Trinajstić information content (AvgIpc) is 2.47. The molecule has 1 fully saturated rings. The third-order valence-corrected chi connectivity index (χ3v) is 3.16. The first-order valence-electron chi connectivity index (χ1n) is 5.57. The van der Waals surface area contributed by atoms with E-state index in [0.29, 0.717) is 24.2 Å². The van der Waals surface area contributed by atoms with Crippen molar-refractivity contribution in [1.82, 2.24) is 10.2 Å². The van der Waals surface area contributed by atoms with Crippen LogP contribution in [-0.4, -0.2) is 37.5 Å². The number of amides is 1. The van der Waals surface area contributed by atoms with E-state index in [1.54, 1.807) is 0 Å². The van der Waals surface area contributed by atoms with Crippen molar-refractivity contribution in [1.29, 1.82) is 0 Å². The molecule has 0 aliphatic carbocycles. The average molecular weight is 198 g/mol. The van der Waals surface area contributed by atoms with E-state index < -0.39 is 0 Å². The molecule has 3 heteroatoms. The molecule has 0 aromatic rings. The standard InChI is InChI=1S/C11H22N2O/c1-9-7-13(8-10(9)2)11(14)5-4-6-12-3/h9-10,12H,4-8H2,1-3H3. The van der Waals surface area contributed by atoms with Crippen LogP contribution in [-0.2, 0) is 4.79 Å². The summed E-state index contributed by atoms with van der Waals surface area (Å²) >= 11 is 0. The molecule has 0 bridgehead atoms. The number of nitrogens with zero attached hydrogens (tertiary/aromatic N) is 1. The zero-order chi connectivity index (χ0) is 10.6. The molecular weight excluding hydrogens is 176 g/mol. The second-order valence-electron chi connectivity index (χ2n) is 4.46. The fourth-order valence-corrected chi connectivity index (χ4v) is 1.91. The summed E-state index contributed by atoms with van der Waals surface area (Å²) in [5, 5.41) is 3.06. The summed E-state index contributed by atoms with van der Waals surface area (Å²) in [5.41, 5.74) is 0. The van der Waals surface area contributed by atoms with Crippen molar-refractivity contribution < 1.29 is 4.79 Å². The molecular formula is C11H22N2O. The van der Waals surface area contributed by atoms with Gasteiger partial charge in [-0.15, -0.1) is 0 Å². The summed E-state index contributed by atoms with van der Waals surface area (Å²) in [6.45, 7) is 7.31. The van der Waals surface area contributed by atoms with E-state index in [1.807, 2.05) is 11.9 Å². The second kappa shape index (κ2) is 5.35. The van der Waals surface area contributed by atoms with Crippen LogP contribution in [0.1, 0.15) is 26.7 Å². The highest BCUT2D eigenvalue weighted by atomic mass is 16.2. The number of hydrogen-bond donors (Lipinski definition) is 1. The molecule has 0 aromatic heterocycles. The Labute approximate surface area is 86.9 Å². The zero-order valence-electron chi connectivity index (χ0n) is 9.55. The van der Waals surface area contributed by atoms with Gasteiger partial charge >= 0.3 is 0 Å². The molecule has 1 rings (SSSR count). The van der Waals surface area contributed by atoms with Crippen LogP contribution >= 0.6 is 0 Å². The lowest BCUT2D eigenvalue weighted by Gasteiger charge is -2.15. The number of likely N-dealkylation sites (tertiary alicyclic amines) is 1. The summed E-state index contributed by atoms with van der Waals surface area (Å²) in [7, 11) is 1.92. The van der Waals surface area contributed by atoms with Crippen molar-refractivity contribution in [2.24, 2.45) is 11.8 Å². The number of carbonyl (C=O) groups is 1. The van der Waals surface area contributed by atoms with Crippen LogP contribution in [0, 0.1) is 11.8 Å². The van der Waals surface area contributed by atoms with Crippen molar-refractivity contribution in [3.63, 3.8) is 0 Å². The van der Waals surface area contributed by atoms with Crippen LogP contribution in [0.15, 0.2) is 0 Å². The van der Waals surface area contributed by atoms with Gasteiger partial charge in [-0.1, -0.05) is 13.8 Å². The molecule has 82 valence electrons. The fraction of sp³-hybridized carbons (Fsp3) is 0.909. The van der Waals surface area contributed by atoms with Crippen LogP contribution in [0.5, 0.6) is 0 Å². The van der Waals surface area contributed by atoms with Crippen molar-refractivity contribution in [3.05, 3.63) is 0 Å². The Morgan fingerprint density at radius 1 is 1.36 bits per heavy atom. The van der Waals surface area contributed by atoms with Crippen molar-refractivity contribution in [2.45, 2.75) is 26.7 Å². The molecule has 3 nitrogen and oxygen atoms in total. The Hall–Kier alpha value is -0.570. The van der Waals surface area contributed by atoms with Gasteiger partial charge in [0.1, 0.15) is 0 Å². The fourth-order valence-electron chi connectivity index (χ4n) is 1.91. The van der Waals surface area contributed by atoms with E-state index in [2.05, 4.69) is 19.2 Å². The second-order valence-corrected chi connectivity index (χ2v) is 4.46. The van der Waals surface area contributed by atoms with Gasteiger partial charge in [0.2, 0.25) is 5.91 Å². The minimum atomic E-state index is 0.330. The third-order valence-electron chi connectivity index (χ3n) is 3.16. The van der Waals surface area contributed by atoms with Gasteiger partial charge in [0.25, 0.3) is 0 Å². The van der Waals surface area contributed by atoms with Gasteiger partial charge < -0.3 is 10.2 Å². The third kappa shape index (κ3) is 2.98. The van der Waals surface area contributed by atoms with Crippen LogP contribution in [0.4, 0.5) is 0 Å². The van der Waals surface area contributed by atoms with Crippen LogP contribution in [0.3, 0.4) is 0 Å². The van der Waals surface area contributed by atoms with Gasteiger partial charge in [-0.3, -0.25) is 4.79 Å². The number of rotatable bonds is 4. The SMILES string of the molecule is CNCCCC(=O)N1CC(C)C(C)C1. The lowest BCUT2D eigenvalue weighted by molar-refractivity contribution is -0.130. The molecule has 1 aliphatic heterocycles. The minimum Gasteiger partial charge on any atom is -0.342 e. The Bertz CT molecular complexity index is 184. The molecule has 2 atom stereocenters. The summed E-state index contributed by atoms with van der Waals surface area (Å²) in [5.74, 6) is 1.67. The van der Waals surface area contributed by atoms with Crippen molar-refractivity contribution in [2.75, 3.05) is 26.7 Å². The summed E-state index contributed by atoms with van der Waals surface area (Å²) < 4.78 is 0. The summed E-state index contributed by atoms with van der Waals surface area (Å²) in [6, 6.07) is 0. The van der Waals surface area contributed by atoms with Gasteiger partial charge in [0.05, 0.1) is 0 Å². The van der Waals surface area contributed by atoms with Gasteiger partial charge in [0.15, 0.2) is 0 Å². The maximum atomic E-state index is 11.7. The molecule has 1 N–H and O–H groups in total. The monoisotopic (exact) mass is 198 g/mol. The molecule has 14 heavy (non-hydrogen) atoms. The lowest BCUT2D eigenvalue weighted by Crippen LogP contribution is -2.29. The quantitative estimate of drug-likeness (QED) is 0.686. The van der Waals surface area contributed by atoms with Crippen LogP contribution < -0.4 is 5.32 Å². The molecule has 1 aliphatic rings. The molecule has 1 heterocycles. The highest BCUT2D eigenvalue weighted by molar-refractivity contribution is 5.76. The van der Waals surface area contributed by atoms with E-state index >= 15 is 0 Å². The topological polar surface area (TPSA) is 32.3 Å². The molecule has 1 saturated heterocycles. The smallest absolute Gasteiger partial charge is 0.222 e. The predicted molar refractivity (Wildman–Crippen MR) is 58.1 cm³/mol. The Morgan fingerprint density at radius 3 is 2.43 bits per heavy atom. The molecule has 0 spiro atoms. The number of hydrogen-bond acceptors (Lipinski definition) is 2. The minimum absolute atomic E-state index is 0.330. The molecule has 0 aromatic carbocycles. The van der Waals surface area contributed by atoms with Gasteiger partial charge in [-0.25, -0.2) is 0 Å². The summed E-state index contributed by atoms with van der Waals surface area (Å²) in [6.07, 6.45) is 1.65. The van der Waals surface area contributed by atoms with Crippen molar-refractivity contribution >= 4 is 5.91 Å². The maximum Gasteiger partial charge on any atom is 0.222 e. The van der Waals surface area contributed by atoms with Gasteiger partial charge in [0, 0.05) is 19.5 Å². The van der Waals surface area contributed by atoms with E-state index in [0.717, 1.165) is 26.1 Å². The highest BCUT2D eigenvalue weighted by Gasteiger charge is 2.28. The van der Waals surface area contributed by atoms with Crippen LogP contribution in [0.2, 0.25) is 0 Å². The highest BCUT2D eigenvalue weighted by Crippen LogP contribution is 2.22. The Kier molecular flexibility index (Phi) is 4.39. The molecule has 0 radical (unpaired) electrons. The van der Waals surface area contributed by atoms with E-state index in [9.17, 15) is 4.79 Å². The number of carbonyl (C=O) groups excluding carboxylic acids is 1. The van der Waals surface area contributed by atoms with Crippen molar-refractivity contribution in [3.8, 4) is 0 Å². The van der Waals surface area contributed by atoms with Gasteiger partial charge in [-0.2, -0.15) is 0 Å². The van der Waals surface area contributed by atoms with E-state index in [-0.39, 0.29) is 0 Å². The zero-order valence-corrected chi connectivity index (χ0v) is 9.55. The first-order chi connectivity index (χ1) is 6.65. The first-order valence-corrected chi connectivity index (χ1v) is 5.57. The predicted octanol–water partition coefficient (Wildman–Crippen LogP) is 1.10. The molecule has 0 saturated carbocycles. The van der Waals surface area contributed by atoms with Crippen LogP contribution in [0.25, 0.3) is 0 Å². The maximum absolute atomic E-state index is 11.7. The van der Waals surface area contributed by atoms with Gasteiger partial charge in [-0.05, 0) is 31.8 Å². The Balaban J connectivity index is 2.25. The van der Waals surface area contributed by atoms with E-state index in [1.165, 1.54) is 0 Å². The molecule has 1 amide bonds. The van der Waals surface area contributed by atoms with E-state index in [4.69, 9.17) is 0 Å². The Morgan fingerprint density at radius 2 is 1.93 bits per heavy atom. The summed E-state index contributed by atoms with van der Waals surface area (Å²) in [4.78, 5) is 13.7. The number of nitrogens with one attached hydrogen (secondary N) is 1. The lowest BCUT2D eigenvalue weighted by atomic mass is 10.0. The normalized spacial score (nSPS) is 26.9.